The first-order chi connectivity index (χ1) is 36.0. The fourth-order valence-electron chi connectivity index (χ4n) is 10.8. The molecule has 4 aliphatic rings. The number of rotatable bonds is 16. The third-order valence-corrected chi connectivity index (χ3v) is 15.5. The Bertz CT molecular complexity index is 2490. The minimum atomic E-state index is -1.01. The van der Waals surface area contributed by atoms with Gasteiger partial charge in [0.1, 0.15) is 35.6 Å². The highest BCUT2D eigenvalue weighted by Crippen LogP contribution is 2.34. The SMILES string of the molecule is CN[C@@H](C)C(=O)N[C@H](C(=O)N1C[C@@H](NC(=O)c2cccc(C(=O)N[C@H]3C[C@@H](C(=O)NC4CCCc5ccccc54)N(C(=O)[C@@H](NC(=O)[C@H](C)NC)C(C)(C)C)C3)n2)CC1C(=O)N[C@@H]1CCCc2ccccc21)C(C)(C)C. The quantitative estimate of drug-likeness (QED) is 0.104. The summed E-state index contributed by atoms with van der Waals surface area (Å²) >= 11 is 0. The number of hydrogen-bond donors (Lipinski definition) is 8. The lowest BCUT2D eigenvalue weighted by molar-refractivity contribution is -0.144. The number of aromatic nitrogens is 1. The maximum Gasteiger partial charge on any atom is 0.270 e. The molecule has 410 valence electrons. The van der Waals surface area contributed by atoms with Crippen molar-refractivity contribution in [3.63, 3.8) is 0 Å². The number of likely N-dealkylation sites (N-methyl/N-ethyl adjacent to an activating group) is 2. The number of carbonyl (C=O) groups is 8. The van der Waals surface area contributed by atoms with E-state index in [1.165, 1.54) is 28.0 Å². The molecule has 2 aromatic carbocycles. The van der Waals surface area contributed by atoms with Crippen molar-refractivity contribution in [3.05, 3.63) is 100 Å². The predicted molar refractivity (Wildman–Crippen MR) is 287 cm³/mol. The Kier molecular flexibility index (Phi) is 18.1. The van der Waals surface area contributed by atoms with Gasteiger partial charge in [-0.1, -0.05) is 96.1 Å². The van der Waals surface area contributed by atoms with Crippen molar-refractivity contribution < 1.29 is 38.4 Å². The Balaban J connectivity index is 1.09. The second-order valence-corrected chi connectivity index (χ2v) is 23.2. The molecule has 0 radical (unpaired) electrons. The van der Waals surface area contributed by atoms with E-state index in [2.05, 4.69) is 59.7 Å². The van der Waals surface area contributed by atoms with Gasteiger partial charge in [-0.2, -0.15) is 0 Å². The van der Waals surface area contributed by atoms with Crippen LogP contribution >= 0.6 is 0 Å². The summed E-state index contributed by atoms with van der Waals surface area (Å²) in [5, 5.41) is 24.0. The van der Waals surface area contributed by atoms with E-state index < -0.39 is 82.8 Å². The molecule has 0 saturated carbocycles. The van der Waals surface area contributed by atoms with E-state index in [-0.39, 0.29) is 73.0 Å². The van der Waals surface area contributed by atoms with E-state index >= 15 is 0 Å². The van der Waals surface area contributed by atoms with Crippen molar-refractivity contribution in [1.82, 2.24) is 57.3 Å². The highest BCUT2D eigenvalue weighted by molar-refractivity contribution is 5.98. The smallest absolute Gasteiger partial charge is 0.270 e. The normalized spacial score (nSPS) is 22.9. The lowest BCUT2D eigenvalue weighted by Gasteiger charge is -2.36. The van der Waals surface area contributed by atoms with Gasteiger partial charge in [-0.3, -0.25) is 38.4 Å². The van der Waals surface area contributed by atoms with Gasteiger partial charge in [-0.15, -0.1) is 0 Å². The third kappa shape index (κ3) is 13.3. The van der Waals surface area contributed by atoms with Gasteiger partial charge in [-0.05, 0) is 125 Å². The summed E-state index contributed by atoms with van der Waals surface area (Å²) in [4.78, 5) is 120. The van der Waals surface area contributed by atoms with E-state index in [9.17, 15) is 38.4 Å². The van der Waals surface area contributed by atoms with Crippen LogP contribution in [-0.4, -0.2) is 138 Å². The zero-order valence-electron chi connectivity index (χ0n) is 45.8. The van der Waals surface area contributed by atoms with E-state index in [0.29, 0.717) is 0 Å². The molecule has 10 atom stereocenters. The predicted octanol–water partition coefficient (Wildman–Crippen LogP) is 3.15. The minimum Gasteiger partial charge on any atom is -0.347 e. The van der Waals surface area contributed by atoms with Gasteiger partial charge in [0.05, 0.1) is 24.2 Å². The van der Waals surface area contributed by atoms with E-state index in [1.807, 2.05) is 77.9 Å². The summed E-state index contributed by atoms with van der Waals surface area (Å²) in [6, 6.07) is 13.2. The first kappa shape index (κ1) is 57.0. The number of likely N-dealkylation sites (tertiary alicyclic amines) is 2. The van der Waals surface area contributed by atoms with Gasteiger partial charge in [-0.25, -0.2) is 4.98 Å². The molecule has 7 rings (SSSR count). The standard InChI is InChI=1S/C57H79N11O8/c1-32(58-9)48(69)65-46(56(3,4)5)54(75)67-30-36(28-44(67)52(73)63-40-24-15-20-34-18-11-13-22-38(34)40)60-50(71)42-26-17-27-43(62-42)51(72)61-37-29-45(53(74)64-41-25-16-21-35-19-12-14-23-39(35)41)68(31-37)55(76)47(57(6,7)8)66-49(70)33(2)59-10/h11-14,17-19,22-23,26-27,32-33,36-37,40-41,44-47,58-59H,15-16,20-21,24-25,28-31H2,1-10H3,(H,60,71)(H,61,72)(H,63,73)(H,64,74)(H,65,69)(H,66,70)/t32-,33-,36-,37-,40+,41?,44?,45-,46+,47+/m0/s1. The molecule has 1 aromatic heterocycles. The van der Waals surface area contributed by atoms with Crippen LogP contribution in [0.1, 0.15) is 149 Å². The van der Waals surface area contributed by atoms with Gasteiger partial charge >= 0.3 is 0 Å². The fourth-order valence-corrected chi connectivity index (χ4v) is 10.8. The van der Waals surface area contributed by atoms with Gasteiger partial charge in [0.2, 0.25) is 35.4 Å². The second kappa shape index (κ2) is 24.1. The molecule has 0 bridgehead atoms. The summed E-state index contributed by atoms with van der Waals surface area (Å²) in [7, 11) is 3.29. The number of pyridine rings is 1. The van der Waals surface area contributed by atoms with Crippen LogP contribution in [0.3, 0.4) is 0 Å². The van der Waals surface area contributed by atoms with Crippen molar-refractivity contribution in [2.45, 2.75) is 167 Å². The average molecular weight is 1050 g/mol. The molecule has 0 spiro atoms. The number of fused-ring (bicyclic) bond motifs is 2. The number of nitrogens with one attached hydrogen (secondary N) is 8. The first-order valence-corrected chi connectivity index (χ1v) is 26.9. The van der Waals surface area contributed by atoms with Gasteiger partial charge in [0.25, 0.3) is 11.8 Å². The molecule has 3 heterocycles. The lowest BCUT2D eigenvalue weighted by atomic mass is 9.85. The summed E-state index contributed by atoms with van der Waals surface area (Å²) in [6.07, 6.45) is 5.13. The summed E-state index contributed by atoms with van der Waals surface area (Å²) in [5.74, 6) is -3.72. The molecule has 19 nitrogen and oxygen atoms in total. The summed E-state index contributed by atoms with van der Waals surface area (Å²) in [6.45, 7) is 14.3. The number of amides is 8. The molecule has 2 unspecified atom stereocenters. The largest absolute Gasteiger partial charge is 0.347 e. The van der Waals surface area contributed by atoms with Crippen LogP contribution in [0.15, 0.2) is 66.7 Å². The molecule has 2 fully saturated rings. The van der Waals surface area contributed by atoms with E-state index in [0.717, 1.165) is 60.8 Å². The molecular weight excluding hydrogens is 967 g/mol. The highest BCUT2D eigenvalue weighted by Gasteiger charge is 2.48. The molecule has 2 aliphatic heterocycles. The van der Waals surface area contributed by atoms with Crippen molar-refractivity contribution in [1.29, 1.82) is 0 Å². The van der Waals surface area contributed by atoms with Crippen LogP contribution in [0.4, 0.5) is 0 Å². The Labute approximate surface area is 447 Å². The molecule has 19 heteroatoms. The van der Waals surface area contributed by atoms with Crippen molar-refractivity contribution >= 4 is 47.3 Å². The Morgan fingerprint density at radius 1 is 0.539 bits per heavy atom. The topological polar surface area (TPSA) is 252 Å². The molecule has 2 saturated heterocycles. The van der Waals surface area contributed by atoms with Crippen molar-refractivity contribution in [2.75, 3.05) is 27.2 Å². The molecule has 8 N–H and O–H groups in total. The van der Waals surface area contributed by atoms with Crippen LogP contribution in [0, 0.1) is 10.8 Å². The van der Waals surface area contributed by atoms with E-state index in [4.69, 9.17) is 0 Å². The van der Waals surface area contributed by atoms with E-state index in [1.54, 1.807) is 27.9 Å². The zero-order valence-corrected chi connectivity index (χ0v) is 45.8. The van der Waals surface area contributed by atoms with Crippen molar-refractivity contribution in [3.8, 4) is 0 Å². The molecule has 76 heavy (non-hydrogen) atoms. The number of carbonyl (C=O) groups excluding carboxylic acids is 8. The van der Waals surface area contributed by atoms with Crippen LogP contribution in [0.2, 0.25) is 0 Å². The Hall–Kier alpha value is -6.73. The third-order valence-electron chi connectivity index (χ3n) is 15.5. The van der Waals surface area contributed by atoms with Crippen LogP contribution in [0.25, 0.3) is 0 Å². The maximum absolute atomic E-state index is 14.7. The molecule has 8 amide bonds. The fraction of sp³-hybridized carbons (Fsp3) is 0.561. The second-order valence-electron chi connectivity index (χ2n) is 23.2. The molecular formula is C57H79N11O8. The average Bonchev–Trinajstić information content (AvgIpc) is 4.03. The monoisotopic (exact) mass is 1050 g/mol. The Morgan fingerprint density at radius 2 is 0.921 bits per heavy atom. The van der Waals surface area contributed by atoms with Crippen LogP contribution in [0.5, 0.6) is 0 Å². The highest BCUT2D eigenvalue weighted by atomic mass is 16.2. The summed E-state index contributed by atoms with van der Waals surface area (Å²) < 4.78 is 0. The number of aryl methyl sites for hydroxylation is 2. The minimum absolute atomic E-state index is 0.0404. The maximum atomic E-state index is 14.7. The first-order valence-electron chi connectivity index (χ1n) is 26.9. The Morgan fingerprint density at radius 3 is 1.29 bits per heavy atom. The van der Waals surface area contributed by atoms with Crippen LogP contribution < -0.4 is 42.5 Å². The lowest BCUT2D eigenvalue weighted by Crippen LogP contribution is -2.59. The molecule has 3 aromatic rings. The summed E-state index contributed by atoms with van der Waals surface area (Å²) in [5.41, 5.74) is 2.67. The van der Waals surface area contributed by atoms with Gasteiger partial charge < -0.3 is 52.3 Å². The molecule has 2 aliphatic carbocycles. The number of hydrogen-bond acceptors (Lipinski definition) is 11. The van der Waals surface area contributed by atoms with Crippen molar-refractivity contribution in [2.24, 2.45) is 10.8 Å². The number of benzene rings is 2. The van der Waals surface area contributed by atoms with Gasteiger partial charge in [0.15, 0.2) is 0 Å². The van der Waals surface area contributed by atoms with Crippen LogP contribution in [-0.2, 0) is 41.6 Å². The number of nitrogens with zero attached hydrogens (tertiary/aromatic N) is 3. The van der Waals surface area contributed by atoms with Gasteiger partial charge in [0, 0.05) is 25.2 Å². The zero-order chi connectivity index (χ0) is 55.2.